The van der Waals surface area contributed by atoms with Crippen LogP contribution < -0.4 is 5.46 Å². The molecule has 0 unspecified atom stereocenters. The van der Waals surface area contributed by atoms with Gasteiger partial charge in [0.1, 0.15) is 0 Å². The number of aromatic nitrogens is 2. The van der Waals surface area contributed by atoms with Crippen molar-refractivity contribution in [1.82, 2.24) is 9.13 Å². The predicted molar refractivity (Wildman–Crippen MR) is 295 cm³/mol. The van der Waals surface area contributed by atoms with E-state index in [1.807, 2.05) is 42.5 Å². The first-order valence-electron chi connectivity index (χ1n) is 22.5. The van der Waals surface area contributed by atoms with E-state index in [1.165, 1.54) is 25.1 Å². The van der Waals surface area contributed by atoms with E-state index in [4.69, 9.17) is 10.0 Å². The van der Waals surface area contributed by atoms with Crippen LogP contribution in [0.15, 0.2) is 200 Å². The molecule has 0 fully saturated rings. The van der Waals surface area contributed by atoms with Crippen LogP contribution in [0.25, 0.3) is 88.4 Å². The number of para-hydroxylation sites is 6. The van der Waals surface area contributed by atoms with E-state index in [2.05, 4.69) is 176 Å². The molecule has 11 aromatic rings. The molecular weight excluding hydrogens is 1190 g/mol. The summed E-state index contributed by atoms with van der Waals surface area (Å²) in [6.45, 7) is 3.18. The van der Waals surface area contributed by atoms with E-state index >= 15 is 0 Å². The van der Waals surface area contributed by atoms with Crippen molar-refractivity contribution >= 4 is 96.2 Å². The molecule has 0 aliphatic rings. The van der Waals surface area contributed by atoms with Crippen molar-refractivity contribution in [3.63, 3.8) is 0 Å². The first kappa shape index (κ1) is 51.1. The minimum atomic E-state index is -4.48. The summed E-state index contributed by atoms with van der Waals surface area (Å²) >= 11 is 4.74. The molecular formula is C58H41BF6I2N2O2V. The fraction of sp³-hybridized carbons (Fsp3) is 0.0690. The fourth-order valence-electron chi connectivity index (χ4n) is 9.53. The number of hydrogen-bond acceptors (Lipinski definition) is 2. The van der Waals surface area contributed by atoms with Crippen LogP contribution in [0.5, 0.6) is 0 Å². The van der Waals surface area contributed by atoms with Crippen molar-refractivity contribution in [3.8, 4) is 44.8 Å². The third-order valence-electron chi connectivity index (χ3n) is 12.5. The summed E-state index contributed by atoms with van der Waals surface area (Å²) in [6.07, 6.45) is -8.94. The van der Waals surface area contributed by atoms with Gasteiger partial charge in [-0.1, -0.05) is 133 Å². The number of benzene rings is 9. The monoisotopic (exact) mass is 1230 g/mol. The zero-order valence-corrected chi connectivity index (χ0v) is 44.1. The van der Waals surface area contributed by atoms with Crippen molar-refractivity contribution in [2.45, 2.75) is 26.2 Å². The normalized spacial score (nSPS) is 11.6. The summed E-state index contributed by atoms with van der Waals surface area (Å²) < 4.78 is 84.2. The second-order valence-corrected chi connectivity index (χ2v) is 29.0. The van der Waals surface area contributed by atoms with Gasteiger partial charge in [0.25, 0.3) is 0 Å². The van der Waals surface area contributed by atoms with Gasteiger partial charge in [-0.25, -0.2) is 0 Å². The second kappa shape index (κ2) is 21.3. The molecule has 11 rings (SSSR count). The van der Waals surface area contributed by atoms with Crippen LogP contribution in [0.2, 0.25) is 0 Å². The van der Waals surface area contributed by atoms with Crippen LogP contribution in [0.1, 0.15) is 22.3 Å². The Balaban J connectivity index is 0.000000323. The predicted octanol–water partition coefficient (Wildman–Crippen LogP) is 16.7. The molecule has 4 nitrogen and oxygen atoms in total. The zero-order valence-electron chi connectivity index (χ0n) is 38.4. The van der Waals surface area contributed by atoms with Crippen molar-refractivity contribution in [1.29, 1.82) is 0 Å². The summed E-state index contributed by atoms with van der Waals surface area (Å²) in [5, 5.41) is 22.1. The Labute approximate surface area is 440 Å². The van der Waals surface area contributed by atoms with Gasteiger partial charge in [-0.3, -0.25) is 0 Å². The van der Waals surface area contributed by atoms with E-state index in [1.54, 1.807) is 6.92 Å². The van der Waals surface area contributed by atoms with Crippen LogP contribution in [0.4, 0.5) is 26.3 Å². The summed E-state index contributed by atoms with van der Waals surface area (Å²) in [5.74, 6) is 0. The molecule has 0 aliphatic heterocycles. The molecule has 9 aromatic carbocycles. The van der Waals surface area contributed by atoms with Gasteiger partial charge in [0.2, 0.25) is 0 Å². The molecule has 2 aromatic heterocycles. The van der Waals surface area contributed by atoms with Gasteiger partial charge in [0, 0.05) is 32.7 Å². The zero-order chi connectivity index (χ0) is 50.9. The number of hydrogen-bond donors (Lipinski definition) is 2. The molecule has 0 bridgehead atoms. The Hall–Kier alpha value is -5.81. The van der Waals surface area contributed by atoms with Crippen molar-refractivity contribution in [3.05, 3.63) is 222 Å². The Bertz CT molecular complexity index is 3490. The van der Waals surface area contributed by atoms with Gasteiger partial charge in [-0.05, 0) is 120 Å². The molecule has 0 saturated heterocycles. The molecule has 2 N–H and O–H groups in total. The van der Waals surface area contributed by atoms with Crippen LogP contribution >= 0.6 is 40.0 Å². The molecule has 72 heavy (non-hydrogen) atoms. The Morgan fingerprint density at radius 1 is 0.403 bits per heavy atom. The maximum absolute atomic E-state index is 14.3. The molecule has 0 amide bonds. The summed E-state index contributed by atoms with van der Waals surface area (Å²) in [5.41, 5.74) is 10.4. The number of alkyl halides is 6. The van der Waals surface area contributed by atoms with Crippen LogP contribution in [-0.2, 0) is 21.8 Å². The van der Waals surface area contributed by atoms with Crippen LogP contribution in [-0.4, -0.2) is 26.3 Å². The Morgan fingerprint density at radius 2 is 0.722 bits per heavy atom. The van der Waals surface area contributed by atoms with Crippen molar-refractivity contribution < 1.29 is 45.9 Å². The Kier molecular flexibility index (Phi) is 15.1. The van der Waals surface area contributed by atoms with Crippen molar-refractivity contribution in [2.24, 2.45) is 0 Å². The third-order valence-corrected chi connectivity index (χ3v) is 12.5. The number of nitrogens with zero attached hydrogens (tertiary/aromatic N) is 2. The fourth-order valence-corrected chi connectivity index (χ4v) is 9.53. The SMILES string of the molecule is Cc1cc(-c2cc(-c3ccccc3-n3c4ccccc4c4ccccc43)cc(-c3ccccc3-n3c4ccccc4c4ccccc43)c2)cc(C(F)(F)F)c1.Cc1cc(B(O)O)cc(C(F)(F)F)c1.[I][V][I]. The first-order valence-corrected chi connectivity index (χ1v) is 31.5. The minimum absolute atomic E-state index is 0.155. The number of rotatable bonds is 6. The van der Waals surface area contributed by atoms with E-state index in [-0.39, 0.29) is 5.46 Å². The van der Waals surface area contributed by atoms with Gasteiger partial charge in [-0.2, -0.15) is 26.3 Å². The average molecular weight is 1230 g/mol. The molecule has 0 spiro atoms. The topological polar surface area (TPSA) is 50.3 Å². The van der Waals surface area contributed by atoms with Crippen molar-refractivity contribution in [2.75, 3.05) is 0 Å². The third kappa shape index (κ3) is 10.5. The number of aryl methyl sites for hydroxylation is 2. The molecule has 0 aliphatic carbocycles. The quantitative estimate of drug-likeness (QED) is 0.0990. The Morgan fingerprint density at radius 3 is 1.11 bits per heavy atom. The van der Waals surface area contributed by atoms with Gasteiger partial charge >= 0.3 is 68.9 Å². The summed E-state index contributed by atoms with van der Waals surface area (Å²) in [6, 6.07) is 63.8. The number of fused-ring (bicyclic) bond motifs is 6. The van der Waals surface area contributed by atoms with E-state index in [0.717, 1.165) is 89.4 Å². The van der Waals surface area contributed by atoms with Gasteiger partial charge in [-0.15, -0.1) is 0 Å². The van der Waals surface area contributed by atoms with Gasteiger partial charge < -0.3 is 19.2 Å². The number of halogens is 8. The molecule has 0 saturated carbocycles. The van der Waals surface area contributed by atoms with Gasteiger partial charge in [0.05, 0.1) is 44.6 Å². The molecule has 0 atom stereocenters. The van der Waals surface area contributed by atoms with Crippen LogP contribution in [0.3, 0.4) is 0 Å². The second-order valence-electron chi connectivity index (χ2n) is 17.2. The van der Waals surface area contributed by atoms with Crippen LogP contribution in [0, 0.1) is 13.8 Å². The molecule has 2 heterocycles. The van der Waals surface area contributed by atoms with Gasteiger partial charge in [0.15, 0.2) is 0 Å². The van der Waals surface area contributed by atoms with E-state index in [9.17, 15) is 26.3 Å². The molecule has 359 valence electrons. The summed E-state index contributed by atoms with van der Waals surface area (Å²) in [7, 11) is -1.25. The maximum atomic E-state index is 14.3. The average Bonchev–Trinajstić information content (AvgIpc) is 3.89. The summed E-state index contributed by atoms with van der Waals surface area (Å²) in [4.78, 5) is 0. The first-order chi connectivity index (χ1) is 34.5. The standard InChI is InChI=1S/C50H33F3N2.C8H8BF3O2.2HI.V/c1-32-26-33(31-37(27-32)50(51,52)53)34-28-35(38-14-2-8-20-44(38)54-46-22-10-4-16-40(46)41-17-5-11-23-47(41)54)30-36(29-34)39-15-3-9-21-45(39)55-48-24-12-6-18-42(48)43-19-7-13-25-49(43)55;1-5-2-6(8(10,11)12)4-7(3-5)9(13)14;;;/h2-31H,1H3;2-4,13-14H,1H3;2*1H;/q;;;;+2/p-2. The molecule has 14 heteroatoms. The molecule has 0 radical (unpaired) electrons. The van der Waals surface area contributed by atoms with E-state index < -0.39 is 30.6 Å². The van der Waals surface area contributed by atoms with E-state index in [0.29, 0.717) is 31.7 Å².